The van der Waals surface area contributed by atoms with Gasteiger partial charge in [0.25, 0.3) is 0 Å². The molecule has 4 nitrogen and oxygen atoms in total. The molecule has 0 spiro atoms. The Hall–Kier alpha value is -0.400. The number of halogens is 1. The van der Waals surface area contributed by atoms with E-state index >= 15 is 0 Å². The Bertz CT molecular complexity index is 499. The van der Waals surface area contributed by atoms with Crippen LogP contribution in [0, 0.1) is 0 Å². The number of ether oxygens (including phenoxy) is 1. The van der Waals surface area contributed by atoms with Crippen LogP contribution in [-0.2, 0) is 15.3 Å². The summed E-state index contributed by atoms with van der Waals surface area (Å²) in [6.45, 7) is 1.75. The van der Waals surface area contributed by atoms with E-state index in [1.54, 1.807) is 11.8 Å². The van der Waals surface area contributed by atoms with Crippen molar-refractivity contribution >= 4 is 47.5 Å². The molecule has 1 amide bonds. The highest BCUT2D eigenvalue weighted by Gasteiger charge is 2.15. The Morgan fingerprint density at radius 2 is 2.17 bits per heavy atom. The maximum atomic E-state index is 12.1. The van der Waals surface area contributed by atoms with Crippen LogP contribution in [0.4, 0.5) is 5.69 Å². The maximum Gasteiger partial charge on any atom is 0.241 e. The molecule has 0 aliphatic carbocycles. The van der Waals surface area contributed by atoms with E-state index in [1.165, 1.54) is 5.56 Å². The highest BCUT2D eigenvalue weighted by atomic mass is 35.5. The van der Waals surface area contributed by atoms with Gasteiger partial charge in [-0.2, -0.15) is 23.5 Å². The van der Waals surface area contributed by atoms with E-state index < -0.39 is 6.04 Å². The van der Waals surface area contributed by atoms with Gasteiger partial charge in [0.2, 0.25) is 5.91 Å². The minimum atomic E-state index is -0.442. The van der Waals surface area contributed by atoms with E-state index in [-0.39, 0.29) is 18.3 Å². The summed E-state index contributed by atoms with van der Waals surface area (Å²) in [6, 6.07) is 7.62. The molecule has 1 atom stereocenters. The quantitative estimate of drug-likeness (QED) is 0.710. The monoisotopic (exact) mass is 390 g/mol. The summed E-state index contributed by atoms with van der Waals surface area (Å²) in [5.41, 5.74) is 7.97. The summed E-state index contributed by atoms with van der Waals surface area (Å²) in [5, 5.41) is 3.61. The van der Waals surface area contributed by atoms with Gasteiger partial charge in [-0.3, -0.25) is 4.79 Å². The van der Waals surface area contributed by atoms with Crippen LogP contribution in [0.3, 0.4) is 0 Å². The number of thioether (sulfide) groups is 2. The molecule has 1 aliphatic rings. The van der Waals surface area contributed by atoms with E-state index in [1.807, 2.05) is 36.2 Å². The predicted molar refractivity (Wildman–Crippen MR) is 108 cm³/mol. The van der Waals surface area contributed by atoms with Gasteiger partial charge in [0.15, 0.2) is 0 Å². The van der Waals surface area contributed by atoms with Crippen molar-refractivity contribution in [3.8, 4) is 0 Å². The topological polar surface area (TPSA) is 64.4 Å². The SMILES string of the molecule is CSCC[C@H](N)C(=O)Nc1cccc(CSC2CCOCC2)c1.Cl. The number of rotatable bonds is 8. The lowest BCUT2D eigenvalue weighted by Gasteiger charge is -2.21. The molecule has 24 heavy (non-hydrogen) atoms. The molecular weight excluding hydrogens is 364 g/mol. The smallest absolute Gasteiger partial charge is 0.241 e. The number of hydrogen-bond donors (Lipinski definition) is 2. The maximum absolute atomic E-state index is 12.1. The van der Waals surface area contributed by atoms with Crippen LogP contribution in [0.1, 0.15) is 24.8 Å². The van der Waals surface area contributed by atoms with Crippen molar-refractivity contribution in [3.63, 3.8) is 0 Å². The third-order valence-electron chi connectivity index (χ3n) is 3.82. The number of nitrogens with one attached hydrogen (secondary N) is 1. The molecule has 2 rings (SSSR count). The number of anilines is 1. The molecule has 1 aromatic carbocycles. The van der Waals surface area contributed by atoms with Crippen molar-refractivity contribution in [2.75, 3.05) is 30.5 Å². The third-order valence-corrected chi connectivity index (χ3v) is 5.91. The molecule has 0 aromatic heterocycles. The van der Waals surface area contributed by atoms with Gasteiger partial charge in [0, 0.05) is 29.9 Å². The van der Waals surface area contributed by atoms with E-state index in [0.717, 1.165) is 43.2 Å². The van der Waals surface area contributed by atoms with E-state index in [0.29, 0.717) is 11.7 Å². The average Bonchev–Trinajstić information content (AvgIpc) is 2.59. The summed E-state index contributed by atoms with van der Waals surface area (Å²) in [5.74, 6) is 1.76. The van der Waals surface area contributed by atoms with Gasteiger partial charge >= 0.3 is 0 Å². The normalized spacial score (nSPS) is 16.2. The van der Waals surface area contributed by atoms with Crippen LogP contribution in [0.15, 0.2) is 24.3 Å². The molecule has 0 radical (unpaired) electrons. The van der Waals surface area contributed by atoms with E-state index in [2.05, 4.69) is 11.4 Å². The van der Waals surface area contributed by atoms with Crippen LogP contribution >= 0.6 is 35.9 Å². The van der Waals surface area contributed by atoms with Gasteiger partial charge in [-0.15, -0.1) is 12.4 Å². The molecule has 1 saturated heterocycles. The molecule has 7 heteroatoms. The molecule has 1 aliphatic heterocycles. The molecule has 1 aromatic rings. The Morgan fingerprint density at radius 1 is 1.42 bits per heavy atom. The summed E-state index contributed by atoms with van der Waals surface area (Å²) >= 11 is 3.68. The second-order valence-corrected chi connectivity index (χ2v) is 7.97. The minimum Gasteiger partial charge on any atom is -0.381 e. The van der Waals surface area contributed by atoms with Crippen LogP contribution < -0.4 is 11.1 Å². The second kappa shape index (κ2) is 12.0. The van der Waals surface area contributed by atoms with Crippen molar-refractivity contribution in [2.24, 2.45) is 5.73 Å². The van der Waals surface area contributed by atoms with Crippen LogP contribution in [0.5, 0.6) is 0 Å². The number of carbonyl (C=O) groups is 1. The first-order chi connectivity index (χ1) is 11.2. The minimum absolute atomic E-state index is 0. The lowest BCUT2D eigenvalue weighted by atomic mass is 10.2. The molecule has 3 N–H and O–H groups in total. The van der Waals surface area contributed by atoms with Gasteiger partial charge in [0.05, 0.1) is 6.04 Å². The zero-order valence-corrected chi connectivity index (χ0v) is 16.5. The van der Waals surface area contributed by atoms with Crippen molar-refractivity contribution in [1.82, 2.24) is 0 Å². The fourth-order valence-corrected chi connectivity index (χ4v) is 4.03. The number of benzene rings is 1. The highest BCUT2D eigenvalue weighted by molar-refractivity contribution is 7.99. The largest absolute Gasteiger partial charge is 0.381 e. The van der Waals surface area contributed by atoms with E-state index in [9.17, 15) is 4.79 Å². The van der Waals surface area contributed by atoms with Gasteiger partial charge in [-0.05, 0) is 49.0 Å². The summed E-state index contributed by atoms with van der Waals surface area (Å²) in [6.07, 6.45) is 4.98. The van der Waals surface area contributed by atoms with Crippen molar-refractivity contribution in [2.45, 2.75) is 36.3 Å². The number of nitrogens with two attached hydrogens (primary N) is 1. The standard InChI is InChI=1S/C17H26N2O2S2.ClH/c1-22-10-7-16(18)17(20)19-14-4-2-3-13(11-14)12-23-15-5-8-21-9-6-15;/h2-4,11,15-16H,5-10,12,18H2,1H3,(H,19,20);1H/t16-;/m0./s1. The molecule has 1 heterocycles. The average molecular weight is 391 g/mol. The van der Waals surface area contributed by atoms with Gasteiger partial charge in [0.1, 0.15) is 0 Å². The Balaban J connectivity index is 0.00000288. The van der Waals surface area contributed by atoms with Gasteiger partial charge in [-0.25, -0.2) is 0 Å². The summed E-state index contributed by atoms with van der Waals surface area (Å²) < 4.78 is 5.39. The molecular formula is C17H27ClN2O2S2. The lowest BCUT2D eigenvalue weighted by Crippen LogP contribution is -2.36. The third kappa shape index (κ3) is 7.66. The lowest BCUT2D eigenvalue weighted by molar-refractivity contribution is -0.117. The number of amides is 1. The van der Waals surface area contributed by atoms with Crippen molar-refractivity contribution < 1.29 is 9.53 Å². The van der Waals surface area contributed by atoms with Crippen LogP contribution in [0.25, 0.3) is 0 Å². The van der Waals surface area contributed by atoms with Crippen molar-refractivity contribution in [3.05, 3.63) is 29.8 Å². The molecule has 0 bridgehead atoms. The second-order valence-electron chi connectivity index (χ2n) is 5.70. The Labute approximate surface area is 159 Å². The molecule has 0 saturated carbocycles. The van der Waals surface area contributed by atoms with Crippen LogP contribution in [-0.4, -0.2) is 42.4 Å². The molecule has 1 fully saturated rings. The first-order valence-electron chi connectivity index (χ1n) is 8.02. The molecule has 136 valence electrons. The fourth-order valence-electron chi connectivity index (χ4n) is 2.41. The van der Waals surface area contributed by atoms with Gasteiger partial charge < -0.3 is 15.8 Å². The number of carbonyl (C=O) groups excluding carboxylic acids is 1. The Morgan fingerprint density at radius 3 is 2.88 bits per heavy atom. The van der Waals surface area contributed by atoms with E-state index in [4.69, 9.17) is 10.5 Å². The first kappa shape index (κ1) is 21.6. The molecule has 0 unspecified atom stereocenters. The summed E-state index contributed by atoms with van der Waals surface area (Å²) in [7, 11) is 0. The predicted octanol–water partition coefficient (Wildman–Crippen LogP) is 3.54. The summed E-state index contributed by atoms with van der Waals surface area (Å²) in [4.78, 5) is 12.1. The van der Waals surface area contributed by atoms with Crippen LogP contribution in [0.2, 0.25) is 0 Å². The highest BCUT2D eigenvalue weighted by Crippen LogP contribution is 2.26. The number of hydrogen-bond acceptors (Lipinski definition) is 5. The first-order valence-corrected chi connectivity index (χ1v) is 10.5. The van der Waals surface area contributed by atoms with Gasteiger partial charge in [-0.1, -0.05) is 12.1 Å². The fraction of sp³-hybridized carbons (Fsp3) is 0.588. The zero-order chi connectivity index (χ0) is 16.5. The Kier molecular flexibility index (Phi) is 10.9. The zero-order valence-electron chi connectivity index (χ0n) is 14.0. The van der Waals surface area contributed by atoms with Crippen molar-refractivity contribution in [1.29, 1.82) is 0 Å².